The van der Waals surface area contributed by atoms with Crippen LogP contribution in [0.4, 0.5) is 0 Å². The molecule has 100 valence electrons. The first-order valence-corrected chi connectivity index (χ1v) is 7.36. The highest BCUT2D eigenvalue weighted by atomic mass is 15.3. The van der Waals surface area contributed by atoms with E-state index in [2.05, 4.69) is 30.3 Å². The van der Waals surface area contributed by atoms with E-state index in [0.29, 0.717) is 6.04 Å². The van der Waals surface area contributed by atoms with Crippen molar-refractivity contribution < 1.29 is 0 Å². The van der Waals surface area contributed by atoms with E-state index in [-0.39, 0.29) is 0 Å². The van der Waals surface area contributed by atoms with Crippen molar-refractivity contribution in [1.82, 2.24) is 15.1 Å². The fraction of sp³-hybridized carbons (Fsp3) is 0.800. The van der Waals surface area contributed by atoms with E-state index in [1.165, 1.54) is 31.4 Å². The predicted octanol–water partition coefficient (Wildman–Crippen LogP) is 2.64. The summed E-state index contributed by atoms with van der Waals surface area (Å²) in [4.78, 5) is 0. The Labute approximate surface area is 110 Å². The van der Waals surface area contributed by atoms with E-state index in [0.717, 1.165) is 30.0 Å². The first-order valence-electron chi connectivity index (χ1n) is 7.36. The molecular formula is C15H25N3. The Morgan fingerprint density at radius 2 is 2.28 bits per heavy atom. The zero-order chi connectivity index (χ0) is 12.7. The van der Waals surface area contributed by atoms with Gasteiger partial charge in [0, 0.05) is 19.6 Å². The van der Waals surface area contributed by atoms with Crippen molar-refractivity contribution in [2.24, 2.45) is 24.8 Å². The van der Waals surface area contributed by atoms with Crippen molar-refractivity contribution in [2.75, 3.05) is 0 Å². The van der Waals surface area contributed by atoms with Crippen LogP contribution in [-0.2, 0) is 13.6 Å². The number of aromatic nitrogens is 2. The minimum absolute atomic E-state index is 0.649. The first kappa shape index (κ1) is 12.2. The standard InChI is InChI=1S/C15H25N3/c1-10-6-14(18(3)17-10)9-16-11(2)15-8-12-4-5-13(15)7-12/h6,11-13,15-16H,4-5,7-9H2,1-3H3. The second kappa shape index (κ2) is 4.69. The van der Waals surface area contributed by atoms with Crippen LogP contribution >= 0.6 is 0 Å². The minimum atomic E-state index is 0.649. The molecule has 0 aromatic carbocycles. The van der Waals surface area contributed by atoms with Crippen LogP contribution < -0.4 is 5.32 Å². The van der Waals surface area contributed by atoms with E-state index >= 15 is 0 Å². The molecule has 0 amide bonds. The fourth-order valence-corrected chi connectivity index (χ4v) is 4.15. The van der Waals surface area contributed by atoms with E-state index in [1.54, 1.807) is 0 Å². The zero-order valence-electron chi connectivity index (χ0n) is 11.8. The van der Waals surface area contributed by atoms with Gasteiger partial charge in [0.15, 0.2) is 0 Å². The second-order valence-electron chi connectivity index (χ2n) is 6.41. The van der Waals surface area contributed by atoms with Crippen molar-refractivity contribution in [3.8, 4) is 0 Å². The largest absolute Gasteiger partial charge is 0.308 e. The molecule has 2 aliphatic rings. The molecule has 2 bridgehead atoms. The number of hydrogen-bond acceptors (Lipinski definition) is 2. The number of aryl methyl sites for hydroxylation is 2. The molecule has 0 aliphatic heterocycles. The number of nitrogens with one attached hydrogen (secondary N) is 1. The predicted molar refractivity (Wildman–Crippen MR) is 73.2 cm³/mol. The third-order valence-electron chi connectivity index (χ3n) is 5.14. The Hall–Kier alpha value is -0.830. The van der Waals surface area contributed by atoms with Gasteiger partial charge in [-0.1, -0.05) is 6.42 Å². The molecule has 3 nitrogen and oxygen atoms in total. The van der Waals surface area contributed by atoms with E-state index < -0.39 is 0 Å². The highest BCUT2D eigenvalue weighted by molar-refractivity contribution is 5.08. The minimum Gasteiger partial charge on any atom is -0.308 e. The maximum Gasteiger partial charge on any atom is 0.0597 e. The molecule has 1 aromatic heterocycles. The SMILES string of the molecule is Cc1cc(CNC(C)C2CC3CCC2C3)n(C)n1. The third kappa shape index (κ3) is 2.20. The van der Waals surface area contributed by atoms with Crippen LogP contribution in [0.15, 0.2) is 6.07 Å². The Morgan fingerprint density at radius 1 is 1.44 bits per heavy atom. The molecule has 2 fully saturated rings. The summed E-state index contributed by atoms with van der Waals surface area (Å²) in [6.45, 7) is 5.38. The molecular weight excluding hydrogens is 222 g/mol. The maximum atomic E-state index is 4.40. The van der Waals surface area contributed by atoms with Crippen LogP contribution in [0.2, 0.25) is 0 Å². The molecule has 4 unspecified atom stereocenters. The summed E-state index contributed by atoms with van der Waals surface area (Å²) in [5.41, 5.74) is 2.41. The van der Waals surface area contributed by atoms with Crippen molar-refractivity contribution in [1.29, 1.82) is 0 Å². The molecule has 4 atom stereocenters. The fourth-order valence-electron chi connectivity index (χ4n) is 4.15. The summed E-state index contributed by atoms with van der Waals surface area (Å²) in [7, 11) is 2.03. The van der Waals surface area contributed by atoms with E-state index in [4.69, 9.17) is 0 Å². The lowest BCUT2D eigenvalue weighted by Crippen LogP contribution is -2.36. The summed E-state index contributed by atoms with van der Waals surface area (Å²) in [6, 6.07) is 2.83. The maximum absolute atomic E-state index is 4.40. The van der Waals surface area contributed by atoms with Crippen LogP contribution in [0.1, 0.15) is 44.0 Å². The molecule has 18 heavy (non-hydrogen) atoms. The lowest BCUT2D eigenvalue weighted by molar-refractivity contribution is 0.258. The second-order valence-corrected chi connectivity index (χ2v) is 6.41. The summed E-state index contributed by atoms with van der Waals surface area (Å²) in [5, 5.41) is 8.12. The quantitative estimate of drug-likeness (QED) is 0.886. The van der Waals surface area contributed by atoms with Crippen molar-refractivity contribution in [3.05, 3.63) is 17.5 Å². The smallest absolute Gasteiger partial charge is 0.0597 e. The normalized spacial score (nSPS) is 32.1. The molecule has 1 N–H and O–H groups in total. The summed E-state index contributed by atoms with van der Waals surface area (Å²) < 4.78 is 2.00. The van der Waals surface area contributed by atoms with Gasteiger partial charge in [0.1, 0.15) is 0 Å². The third-order valence-corrected chi connectivity index (χ3v) is 5.14. The highest BCUT2D eigenvalue weighted by Crippen LogP contribution is 2.49. The number of hydrogen-bond donors (Lipinski definition) is 1. The molecule has 2 saturated carbocycles. The Bertz CT molecular complexity index is 423. The molecule has 1 heterocycles. The summed E-state index contributed by atoms with van der Waals surface area (Å²) >= 11 is 0. The van der Waals surface area contributed by atoms with Gasteiger partial charge in [-0.05, 0) is 56.9 Å². The molecule has 0 saturated heterocycles. The monoisotopic (exact) mass is 247 g/mol. The Kier molecular flexibility index (Phi) is 3.18. The molecule has 0 spiro atoms. The van der Waals surface area contributed by atoms with Gasteiger partial charge in [-0.15, -0.1) is 0 Å². The van der Waals surface area contributed by atoms with Crippen LogP contribution in [0.5, 0.6) is 0 Å². The lowest BCUT2D eigenvalue weighted by atomic mass is 9.84. The van der Waals surface area contributed by atoms with Crippen molar-refractivity contribution >= 4 is 0 Å². The molecule has 3 heteroatoms. The van der Waals surface area contributed by atoms with Crippen LogP contribution in [0.25, 0.3) is 0 Å². The highest BCUT2D eigenvalue weighted by Gasteiger charge is 2.41. The number of nitrogens with zero attached hydrogens (tertiary/aromatic N) is 2. The van der Waals surface area contributed by atoms with Gasteiger partial charge in [-0.2, -0.15) is 5.10 Å². The molecule has 0 radical (unpaired) electrons. The van der Waals surface area contributed by atoms with Gasteiger partial charge in [-0.3, -0.25) is 4.68 Å². The topological polar surface area (TPSA) is 29.9 Å². The Balaban J connectivity index is 1.55. The van der Waals surface area contributed by atoms with Crippen LogP contribution in [0.3, 0.4) is 0 Å². The van der Waals surface area contributed by atoms with Gasteiger partial charge in [-0.25, -0.2) is 0 Å². The van der Waals surface area contributed by atoms with Gasteiger partial charge in [0.05, 0.1) is 11.4 Å². The summed E-state index contributed by atoms with van der Waals surface area (Å²) in [5.74, 6) is 2.96. The van der Waals surface area contributed by atoms with Crippen LogP contribution in [0, 0.1) is 24.7 Å². The molecule has 3 rings (SSSR count). The van der Waals surface area contributed by atoms with E-state index in [9.17, 15) is 0 Å². The number of rotatable bonds is 4. The first-order chi connectivity index (χ1) is 8.63. The van der Waals surface area contributed by atoms with E-state index in [1.807, 2.05) is 11.7 Å². The summed E-state index contributed by atoms with van der Waals surface area (Å²) in [6.07, 6.45) is 5.94. The van der Waals surface area contributed by atoms with Gasteiger partial charge >= 0.3 is 0 Å². The van der Waals surface area contributed by atoms with Crippen molar-refractivity contribution in [2.45, 2.75) is 52.1 Å². The average Bonchev–Trinajstić information content (AvgIpc) is 3.01. The zero-order valence-corrected chi connectivity index (χ0v) is 11.8. The van der Waals surface area contributed by atoms with Gasteiger partial charge < -0.3 is 5.32 Å². The average molecular weight is 247 g/mol. The number of fused-ring (bicyclic) bond motifs is 2. The molecule has 2 aliphatic carbocycles. The lowest BCUT2D eigenvalue weighted by Gasteiger charge is -2.28. The Morgan fingerprint density at radius 3 is 2.83 bits per heavy atom. The van der Waals surface area contributed by atoms with Gasteiger partial charge in [0.2, 0.25) is 0 Å². The van der Waals surface area contributed by atoms with Gasteiger partial charge in [0.25, 0.3) is 0 Å². The molecule has 1 aromatic rings. The van der Waals surface area contributed by atoms with Crippen molar-refractivity contribution in [3.63, 3.8) is 0 Å². The van der Waals surface area contributed by atoms with Crippen LogP contribution in [-0.4, -0.2) is 15.8 Å².